The summed E-state index contributed by atoms with van der Waals surface area (Å²) in [6.07, 6.45) is -0.435. The van der Waals surface area contributed by atoms with E-state index >= 15 is 0 Å². The zero-order valence-corrected chi connectivity index (χ0v) is 7.40. The second-order valence-corrected chi connectivity index (χ2v) is 2.87. The summed E-state index contributed by atoms with van der Waals surface area (Å²) >= 11 is 0. The molecule has 0 bridgehead atoms. The van der Waals surface area contributed by atoms with Gasteiger partial charge in [-0.05, 0) is 0 Å². The number of likely N-dealkylation sites (N-methyl/N-ethyl adjacent to an activating group) is 1. The molecule has 5 heteroatoms. The zero-order chi connectivity index (χ0) is 9.30. The highest BCUT2D eigenvalue weighted by molar-refractivity contribution is 5.90. The second-order valence-electron chi connectivity index (χ2n) is 2.87. The Morgan fingerprint density at radius 3 is 2.50 bits per heavy atom. The van der Waals surface area contributed by atoms with E-state index in [0.29, 0.717) is 6.54 Å². The van der Waals surface area contributed by atoms with Crippen molar-refractivity contribution in [1.29, 1.82) is 0 Å². The number of ether oxygens (including phenoxy) is 1. The lowest BCUT2D eigenvalue weighted by atomic mass is 10.4. The monoisotopic (exact) mass is 172 g/mol. The molecule has 1 aliphatic rings. The van der Waals surface area contributed by atoms with Crippen LogP contribution in [0.4, 0.5) is 4.79 Å². The fourth-order valence-electron chi connectivity index (χ4n) is 0.968. The summed E-state index contributed by atoms with van der Waals surface area (Å²) in [6.45, 7) is 0.476. The van der Waals surface area contributed by atoms with Crippen molar-refractivity contribution in [3.05, 3.63) is 0 Å². The van der Waals surface area contributed by atoms with Crippen molar-refractivity contribution in [3.63, 3.8) is 0 Å². The number of rotatable bonds is 1. The number of hydrogen-bond acceptors (Lipinski definition) is 3. The zero-order valence-electron chi connectivity index (χ0n) is 7.40. The first-order valence-electron chi connectivity index (χ1n) is 3.63. The van der Waals surface area contributed by atoms with Crippen LogP contribution in [0.15, 0.2) is 0 Å². The summed E-state index contributed by atoms with van der Waals surface area (Å²) in [7, 11) is 4.63. The maximum Gasteiger partial charge on any atom is 0.410 e. The van der Waals surface area contributed by atoms with Crippen molar-refractivity contribution < 1.29 is 14.3 Å². The molecular weight excluding hydrogens is 160 g/mol. The minimum atomic E-state index is -0.435. The third kappa shape index (κ3) is 1.49. The Balaban J connectivity index is 2.42. The van der Waals surface area contributed by atoms with Crippen LogP contribution in [0.5, 0.6) is 0 Å². The number of methoxy groups -OCH3 is 1. The predicted molar refractivity (Wildman–Crippen MR) is 41.6 cm³/mol. The highest BCUT2D eigenvalue weighted by Crippen LogP contribution is 2.19. The lowest BCUT2D eigenvalue weighted by molar-refractivity contribution is -0.128. The Labute approximate surface area is 70.9 Å². The summed E-state index contributed by atoms with van der Waals surface area (Å²) in [4.78, 5) is 24.9. The molecule has 0 aromatic carbocycles. The van der Waals surface area contributed by atoms with Gasteiger partial charge < -0.3 is 9.64 Å². The first-order valence-corrected chi connectivity index (χ1v) is 3.63. The van der Waals surface area contributed by atoms with Crippen LogP contribution in [0, 0.1) is 0 Å². The van der Waals surface area contributed by atoms with Crippen molar-refractivity contribution in [3.8, 4) is 0 Å². The molecule has 1 atom stereocenters. The highest BCUT2D eigenvalue weighted by Gasteiger charge is 2.45. The highest BCUT2D eigenvalue weighted by atomic mass is 16.5. The molecule has 0 radical (unpaired) electrons. The van der Waals surface area contributed by atoms with Crippen molar-refractivity contribution >= 4 is 12.0 Å². The third-order valence-corrected chi connectivity index (χ3v) is 1.75. The van der Waals surface area contributed by atoms with Crippen molar-refractivity contribution in [1.82, 2.24) is 9.80 Å². The van der Waals surface area contributed by atoms with Crippen LogP contribution >= 0.6 is 0 Å². The van der Waals surface area contributed by atoms with Crippen molar-refractivity contribution in [2.45, 2.75) is 6.04 Å². The summed E-state index contributed by atoms with van der Waals surface area (Å²) in [5, 5.41) is 0. The van der Waals surface area contributed by atoms with Gasteiger partial charge in [-0.1, -0.05) is 0 Å². The lowest BCUT2D eigenvalue weighted by Crippen LogP contribution is -2.30. The average Bonchev–Trinajstić information content (AvgIpc) is 2.80. The molecule has 0 saturated carbocycles. The molecular formula is C7H12N2O3. The SMILES string of the molecule is COC(=O)N1CC1C(=O)N(C)C. The molecule has 1 fully saturated rings. The molecule has 12 heavy (non-hydrogen) atoms. The van der Waals surface area contributed by atoms with Gasteiger partial charge in [0.15, 0.2) is 0 Å². The molecule has 0 N–H and O–H groups in total. The van der Waals surface area contributed by atoms with Crippen LogP contribution in [0.25, 0.3) is 0 Å². The lowest BCUT2D eigenvalue weighted by Gasteiger charge is -2.09. The first kappa shape index (κ1) is 8.83. The van der Waals surface area contributed by atoms with E-state index in [1.54, 1.807) is 14.1 Å². The summed E-state index contributed by atoms with van der Waals surface area (Å²) in [5.74, 6) is -0.0552. The smallest absolute Gasteiger partial charge is 0.410 e. The minimum Gasteiger partial charge on any atom is -0.453 e. The van der Waals surface area contributed by atoms with Gasteiger partial charge in [-0.2, -0.15) is 0 Å². The molecule has 0 aromatic heterocycles. The Hall–Kier alpha value is -1.26. The normalized spacial score (nSPS) is 20.2. The fourth-order valence-corrected chi connectivity index (χ4v) is 0.968. The number of nitrogens with zero attached hydrogens (tertiary/aromatic N) is 2. The molecule has 1 aliphatic heterocycles. The van der Waals surface area contributed by atoms with Crippen LogP contribution in [0.1, 0.15) is 0 Å². The Morgan fingerprint density at radius 2 is 2.08 bits per heavy atom. The molecule has 5 nitrogen and oxygen atoms in total. The van der Waals surface area contributed by atoms with Gasteiger partial charge in [0.25, 0.3) is 0 Å². The van der Waals surface area contributed by atoms with E-state index in [2.05, 4.69) is 4.74 Å². The predicted octanol–water partition coefficient (Wildman–Crippen LogP) is -0.475. The van der Waals surface area contributed by atoms with E-state index in [4.69, 9.17) is 0 Å². The first-order chi connectivity index (χ1) is 5.57. The van der Waals surface area contributed by atoms with E-state index in [-0.39, 0.29) is 11.9 Å². The molecule has 1 rings (SSSR count). The van der Waals surface area contributed by atoms with Crippen LogP contribution in [0.2, 0.25) is 0 Å². The quantitative estimate of drug-likeness (QED) is 0.502. The molecule has 1 saturated heterocycles. The van der Waals surface area contributed by atoms with Crippen molar-refractivity contribution in [2.24, 2.45) is 0 Å². The summed E-state index contributed by atoms with van der Waals surface area (Å²) < 4.78 is 4.45. The Kier molecular flexibility index (Phi) is 2.21. The number of amides is 2. The minimum absolute atomic E-state index is 0.0552. The Bertz CT molecular complexity index is 215. The van der Waals surface area contributed by atoms with E-state index in [1.165, 1.54) is 16.9 Å². The summed E-state index contributed by atoms with van der Waals surface area (Å²) in [6, 6.07) is -0.299. The number of carbonyl (C=O) groups is 2. The van der Waals surface area contributed by atoms with E-state index in [9.17, 15) is 9.59 Å². The van der Waals surface area contributed by atoms with Crippen LogP contribution in [-0.2, 0) is 9.53 Å². The van der Waals surface area contributed by atoms with E-state index in [0.717, 1.165) is 0 Å². The number of carbonyl (C=O) groups excluding carboxylic acids is 2. The Morgan fingerprint density at radius 1 is 1.50 bits per heavy atom. The maximum atomic E-state index is 11.2. The molecule has 1 heterocycles. The van der Waals surface area contributed by atoms with Crippen molar-refractivity contribution in [2.75, 3.05) is 27.7 Å². The number of hydrogen-bond donors (Lipinski definition) is 0. The second kappa shape index (κ2) is 3.00. The third-order valence-electron chi connectivity index (χ3n) is 1.75. The molecule has 2 amide bonds. The largest absolute Gasteiger partial charge is 0.453 e. The standard InChI is InChI=1S/C7H12N2O3/c1-8(2)6(10)5-4-9(5)7(11)12-3/h5H,4H2,1-3H3. The van der Waals surface area contributed by atoms with Gasteiger partial charge in [0.05, 0.1) is 13.7 Å². The topological polar surface area (TPSA) is 49.6 Å². The van der Waals surface area contributed by atoms with Crippen LogP contribution in [-0.4, -0.2) is 55.6 Å². The van der Waals surface area contributed by atoms with Gasteiger partial charge in [-0.15, -0.1) is 0 Å². The van der Waals surface area contributed by atoms with Crippen LogP contribution in [0.3, 0.4) is 0 Å². The molecule has 0 spiro atoms. The van der Waals surface area contributed by atoms with Gasteiger partial charge in [-0.25, -0.2) is 4.79 Å². The maximum absolute atomic E-state index is 11.2. The van der Waals surface area contributed by atoms with Gasteiger partial charge in [0.2, 0.25) is 5.91 Å². The molecule has 0 aliphatic carbocycles. The van der Waals surface area contributed by atoms with Gasteiger partial charge in [0, 0.05) is 14.1 Å². The van der Waals surface area contributed by atoms with E-state index in [1.807, 2.05) is 0 Å². The fraction of sp³-hybridized carbons (Fsp3) is 0.714. The van der Waals surface area contributed by atoms with Crippen LogP contribution < -0.4 is 0 Å². The van der Waals surface area contributed by atoms with Gasteiger partial charge in [-0.3, -0.25) is 9.69 Å². The van der Waals surface area contributed by atoms with E-state index < -0.39 is 6.09 Å². The van der Waals surface area contributed by atoms with Gasteiger partial charge in [0.1, 0.15) is 6.04 Å². The molecule has 1 unspecified atom stereocenters. The average molecular weight is 172 g/mol. The molecule has 68 valence electrons. The summed E-state index contributed by atoms with van der Waals surface area (Å²) in [5.41, 5.74) is 0. The molecule has 0 aromatic rings. The van der Waals surface area contributed by atoms with Gasteiger partial charge >= 0.3 is 6.09 Å².